The van der Waals surface area contributed by atoms with Crippen LogP contribution in [0.15, 0.2) is 84.1 Å². The van der Waals surface area contributed by atoms with Gasteiger partial charge >= 0.3 is 6.18 Å². The summed E-state index contributed by atoms with van der Waals surface area (Å²) in [4.78, 5) is 63.6. The number of unbranched alkanes of at least 4 members (excludes halogenated alkanes) is 3. The zero-order valence-electron chi connectivity index (χ0n) is 35.7. The molecule has 3 aliphatic rings. The van der Waals surface area contributed by atoms with Gasteiger partial charge in [-0.1, -0.05) is 25.0 Å². The number of nitrogens with one attached hydrogen (secondary N) is 2. The molecule has 2 atom stereocenters. The average Bonchev–Trinajstić information content (AvgIpc) is 3.77. The van der Waals surface area contributed by atoms with Crippen LogP contribution in [0.1, 0.15) is 113 Å². The number of alkyl halides is 3. The largest absolute Gasteiger partial charge is 0.417 e. The number of aliphatic imine (C=N–C) groups is 1. The van der Waals surface area contributed by atoms with E-state index in [0.717, 1.165) is 22.6 Å². The fourth-order valence-corrected chi connectivity index (χ4v) is 9.24. The minimum Gasteiger partial charge on any atom is -0.376 e. The number of hydrogen-bond donors (Lipinski definition) is 2. The van der Waals surface area contributed by atoms with Crippen molar-refractivity contribution in [2.45, 2.75) is 76.0 Å². The number of halogens is 5. The number of Topliss-reactive ketones (excluding diaryl/α,β-unsaturated/α-hetero) is 2. The number of aryl methyl sites for hydroxylation is 1. The SMILES string of the molecule is Cn1ncnc1[C@H]1C2=NCC(=O)c3cc(F)cc(c32)N[C@@H]1c1ccc(NC(=O)CCCCCCC(=O)c2ccc(N3C(=S)N(c4ccc(C#N)c(C(F)(F)F)c4)C(=O)C3(C)C)cc2F)cc1. The third-order valence-electron chi connectivity index (χ3n) is 12.0. The zero-order chi connectivity index (χ0) is 47.2. The van der Waals surface area contributed by atoms with Gasteiger partial charge in [-0.3, -0.25) is 33.8 Å². The van der Waals surface area contributed by atoms with E-state index < -0.39 is 58.1 Å². The Morgan fingerprint density at radius 3 is 2.33 bits per heavy atom. The van der Waals surface area contributed by atoms with E-state index in [9.17, 15) is 42.0 Å². The van der Waals surface area contributed by atoms with Gasteiger partial charge in [0.15, 0.2) is 16.7 Å². The van der Waals surface area contributed by atoms with Crippen molar-refractivity contribution in [2.24, 2.45) is 12.0 Å². The van der Waals surface area contributed by atoms with Crippen LogP contribution < -0.4 is 20.4 Å². The first kappa shape index (κ1) is 45.4. The highest BCUT2D eigenvalue weighted by Crippen LogP contribution is 2.45. The van der Waals surface area contributed by atoms with Gasteiger partial charge in [0.1, 0.15) is 35.9 Å². The van der Waals surface area contributed by atoms with Gasteiger partial charge in [-0.25, -0.2) is 13.8 Å². The molecule has 0 aliphatic carbocycles. The highest BCUT2D eigenvalue weighted by Gasteiger charge is 2.51. The van der Waals surface area contributed by atoms with Crippen molar-refractivity contribution in [3.63, 3.8) is 0 Å². The van der Waals surface area contributed by atoms with E-state index in [2.05, 4.69) is 25.7 Å². The number of thiocarbonyl (C=S) groups is 1. The van der Waals surface area contributed by atoms with Crippen LogP contribution in [-0.4, -0.2) is 61.1 Å². The van der Waals surface area contributed by atoms with E-state index in [1.807, 2.05) is 12.1 Å². The monoisotopic (exact) mass is 921 g/mol. The van der Waals surface area contributed by atoms with Crippen LogP contribution in [0.5, 0.6) is 0 Å². The predicted molar refractivity (Wildman–Crippen MR) is 239 cm³/mol. The van der Waals surface area contributed by atoms with Gasteiger partial charge in [-0.15, -0.1) is 0 Å². The summed E-state index contributed by atoms with van der Waals surface area (Å²) >= 11 is 5.54. The Kier molecular flexibility index (Phi) is 12.1. The number of nitriles is 1. The lowest BCUT2D eigenvalue weighted by Gasteiger charge is -2.37. The van der Waals surface area contributed by atoms with Crippen molar-refractivity contribution in [1.29, 1.82) is 5.26 Å². The number of anilines is 4. The maximum atomic E-state index is 15.5. The van der Waals surface area contributed by atoms with Crippen LogP contribution in [0.4, 0.5) is 44.7 Å². The standard InChI is InChI=1S/C47H40F5N9O4S/c1-46(2)44(65)60(29-15-12-26(22-53)33(20-29)47(50,51)52)45(66)61(46)30-16-17-31(34(49)21-30)36(62)8-6-4-5-7-9-38(64)57-28-13-10-25(11-14-28)41-40(43-55-24-56-59(43)3)42-39-32(37(63)23-54-42)18-27(48)19-35(39)58-41/h10-21,24,40-41,58H,4-9,23H2,1-3H3,(H,57,64)/t40-,41-/m1/s1. The van der Waals surface area contributed by atoms with E-state index in [4.69, 9.17) is 12.2 Å². The zero-order valence-corrected chi connectivity index (χ0v) is 36.5. The first-order chi connectivity index (χ1) is 31.4. The molecule has 13 nitrogen and oxygen atoms in total. The summed E-state index contributed by atoms with van der Waals surface area (Å²) in [6.07, 6.45) is -0.976. The van der Waals surface area contributed by atoms with Crippen LogP contribution in [-0.2, 0) is 22.8 Å². The van der Waals surface area contributed by atoms with Crippen LogP contribution in [0.2, 0.25) is 0 Å². The maximum Gasteiger partial charge on any atom is 0.417 e. The lowest BCUT2D eigenvalue weighted by molar-refractivity contribution is -0.137. The van der Waals surface area contributed by atoms with Crippen molar-refractivity contribution < 1.29 is 41.1 Å². The molecular formula is C47H40F5N9O4S. The van der Waals surface area contributed by atoms with Gasteiger partial charge in [0.05, 0.1) is 46.1 Å². The second kappa shape index (κ2) is 17.6. The first-order valence-corrected chi connectivity index (χ1v) is 21.3. The molecule has 0 bridgehead atoms. The summed E-state index contributed by atoms with van der Waals surface area (Å²) in [7, 11) is 1.76. The van der Waals surface area contributed by atoms with Crippen molar-refractivity contribution in [1.82, 2.24) is 14.8 Å². The van der Waals surface area contributed by atoms with Crippen molar-refractivity contribution in [2.75, 3.05) is 27.0 Å². The number of ketones is 2. The van der Waals surface area contributed by atoms with Crippen molar-refractivity contribution >= 4 is 69.2 Å². The van der Waals surface area contributed by atoms with Gasteiger partial charge in [0.25, 0.3) is 5.91 Å². The number of rotatable bonds is 13. The Morgan fingerprint density at radius 2 is 1.67 bits per heavy atom. The molecule has 1 aromatic heterocycles. The highest BCUT2D eigenvalue weighted by atomic mass is 32.1. The number of carbonyl (C=O) groups is 4. The van der Waals surface area contributed by atoms with Crippen LogP contribution in [0.3, 0.4) is 0 Å². The van der Waals surface area contributed by atoms with Gasteiger partial charge in [0.2, 0.25) is 5.91 Å². The Hall–Kier alpha value is -7.20. The molecule has 0 unspecified atom stereocenters. The highest BCUT2D eigenvalue weighted by molar-refractivity contribution is 7.81. The molecule has 338 valence electrons. The molecule has 2 N–H and O–H groups in total. The second-order valence-electron chi connectivity index (χ2n) is 16.7. The fraction of sp³-hybridized carbons (Fsp3) is 0.298. The Balaban J connectivity index is 0.832. The molecule has 66 heavy (non-hydrogen) atoms. The van der Waals surface area contributed by atoms with Crippen molar-refractivity contribution in [3.8, 4) is 6.07 Å². The smallest absolute Gasteiger partial charge is 0.376 e. The van der Waals surface area contributed by atoms with Crippen LogP contribution in [0, 0.1) is 23.0 Å². The second-order valence-corrected chi connectivity index (χ2v) is 17.0. The molecule has 4 aromatic carbocycles. The van der Waals surface area contributed by atoms with Gasteiger partial charge in [-0.05, 0) is 105 Å². The number of carbonyl (C=O) groups excluding carboxylic acids is 4. The van der Waals surface area contributed by atoms with Gasteiger partial charge in [0, 0.05) is 48.1 Å². The summed E-state index contributed by atoms with van der Waals surface area (Å²) in [5.41, 5.74) is -0.315. The van der Waals surface area contributed by atoms with Gasteiger partial charge in [-0.2, -0.15) is 23.5 Å². The van der Waals surface area contributed by atoms with E-state index in [-0.39, 0.29) is 58.7 Å². The molecule has 0 saturated carbocycles. The van der Waals surface area contributed by atoms with Gasteiger partial charge < -0.3 is 15.5 Å². The minimum atomic E-state index is -4.87. The lowest BCUT2D eigenvalue weighted by Crippen LogP contribution is -2.44. The van der Waals surface area contributed by atoms with E-state index >= 15 is 4.39 Å². The molecule has 0 radical (unpaired) electrons. The maximum absolute atomic E-state index is 15.5. The summed E-state index contributed by atoms with van der Waals surface area (Å²) in [6, 6.07) is 17.4. The normalized spacial score (nSPS) is 17.6. The third-order valence-corrected chi connectivity index (χ3v) is 12.4. The average molecular weight is 922 g/mol. The Labute approximate surface area is 380 Å². The molecule has 2 amide bonds. The van der Waals surface area contributed by atoms with Crippen LogP contribution in [0.25, 0.3) is 0 Å². The van der Waals surface area contributed by atoms with Crippen molar-refractivity contribution in [3.05, 3.63) is 130 Å². The molecule has 19 heteroatoms. The summed E-state index contributed by atoms with van der Waals surface area (Å²) < 4.78 is 73.0. The fourth-order valence-electron chi connectivity index (χ4n) is 8.72. The number of benzene rings is 4. The third kappa shape index (κ3) is 8.43. The lowest BCUT2D eigenvalue weighted by atomic mass is 9.78. The molecule has 8 rings (SSSR count). The van der Waals surface area contributed by atoms with Crippen LogP contribution >= 0.6 is 12.2 Å². The molecule has 3 aliphatic heterocycles. The molecular weight excluding hydrogens is 882 g/mol. The Morgan fingerprint density at radius 1 is 0.955 bits per heavy atom. The van der Waals surface area contributed by atoms with E-state index in [1.54, 1.807) is 23.9 Å². The summed E-state index contributed by atoms with van der Waals surface area (Å²) in [5.74, 6) is -2.87. The van der Waals surface area contributed by atoms with E-state index in [0.29, 0.717) is 60.2 Å². The Bertz CT molecular complexity index is 2910. The predicted octanol–water partition coefficient (Wildman–Crippen LogP) is 9.00. The summed E-state index contributed by atoms with van der Waals surface area (Å²) in [5, 5.41) is 19.5. The molecule has 5 aromatic rings. The summed E-state index contributed by atoms with van der Waals surface area (Å²) in [6.45, 7) is 2.86. The number of aromatic nitrogens is 3. The quantitative estimate of drug-likeness (QED) is 0.0504. The number of amides is 2. The first-order valence-electron chi connectivity index (χ1n) is 20.9. The van der Waals surface area contributed by atoms with E-state index in [1.165, 1.54) is 61.5 Å². The molecule has 1 saturated heterocycles. The topological polar surface area (TPSA) is 166 Å². The molecule has 0 spiro atoms. The molecule has 1 fully saturated rings. The minimum absolute atomic E-state index is 0.0372. The number of hydrogen-bond acceptors (Lipinski definition) is 10. The molecule has 4 heterocycles. The number of nitrogens with zero attached hydrogens (tertiary/aromatic N) is 7.